The number of hydrogen-bond donors (Lipinski definition) is 1. The topological polar surface area (TPSA) is 64.4 Å². The third-order valence-corrected chi connectivity index (χ3v) is 4.30. The first-order valence-corrected chi connectivity index (χ1v) is 8.32. The lowest BCUT2D eigenvalue weighted by Crippen LogP contribution is -2.18. The van der Waals surface area contributed by atoms with Crippen molar-refractivity contribution in [2.24, 2.45) is 0 Å². The molecule has 2 heterocycles. The lowest BCUT2D eigenvalue weighted by atomic mass is 10.0. The number of carbonyl (C=O) groups excluding carboxylic acids is 1. The van der Waals surface area contributed by atoms with Gasteiger partial charge in [-0.2, -0.15) is 0 Å². The summed E-state index contributed by atoms with van der Waals surface area (Å²) in [7, 11) is 0. The average molecular weight is 355 g/mol. The minimum Gasteiger partial charge on any atom is -0.486 e. The van der Waals surface area contributed by atoms with Gasteiger partial charge in [0.2, 0.25) is 5.91 Å². The summed E-state index contributed by atoms with van der Waals surface area (Å²) in [6.45, 7) is 0.283. The van der Waals surface area contributed by atoms with E-state index in [4.69, 9.17) is 20.9 Å². The van der Waals surface area contributed by atoms with Crippen molar-refractivity contribution in [1.82, 2.24) is 5.16 Å². The van der Waals surface area contributed by atoms with Gasteiger partial charge in [-0.3, -0.25) is 4.79 Å². The first-order chi connectivity index (χ1) is 12.2. The van der Waals surface area contributed by atoms with Crippen molar-refractivity contribution in [3.8, 4) is 17.0 Å². The molecule has 1 N–H and O–H groups in total. The lowest BCUT2D eigenvalue weighted by molar-refractivity contribution is -0.116. The third-order valence-electron chi connectivity index (χ3n) is 4.05. The monoisotopic (exact) mass is 354 g/mol. The van der Waals surface area contributed by atoms with Crippen molar-refractivity contribution in [3.05, 3.63) is 64.9 Å². The van der Waals surface area contributed by atoms with E-state index in [0.29, 0.717) is 17.2 Å². The molecule has 0 saturated heterocycles. The highest BCUT2D eigenvalue weighted by Crippen LogP contribution is 2.27. The van der Waals surface area contributed by atoms with Gasteiger partial charge in [0.25, 0.3) is 0 Å². The molecular weight excluding hydrogens is 340 g/mol. The Morgan fingerprint density at radius 1 is 1.12 bits per heavy atom. The Hall–Kier alpha value is -2.79. The number of anilines is 1. The summed E-state index contributed by atoms with van der Waals surface area (Å²) in [4.78, 5) is 11.4. The molecule has 0 bridgehead atoms. The van der Waals surface area contributed by atoms with E-state index in [1.807, 2.05) is 48.5 Å². The van der Waals surface area contributed by atoms with Crippen LogP contribution in [-0.4, -0.2) is 11.1 Å². The van der Waals surface area contributed by atoms with E-state index in [1.165, 1.54) is 0 Å². The number of rotatable bonds is 4. The van der Waals surface area contributed by atoms with Crippen molar-refractivity contribution in [2.75, 3.05) is 5.32 Å². The van der Waals surface area contributed by atoms with Gasteiger partial charge in [0.15, 0.2) is 5.76 Å². The molecule has 1 amide bonds. The molecule has 4 rings (SSSR count). The van der Waals surface area contributed by atoms with E-state index < -0.39 is 0 Å². The van der Waals surface area contributed by atoms with E-state index in [1.54, 1.807) is 0 Å². The zero-order valence-electron chi connectivity index (χ0n) is 13.3. The standard InChI is InChI=1S/C19H15ClN2O3/c20-14-4-1-12(2-5-14)18-10-16(25-22-18)11-24-15-6-7-17-13(9-15)3-8-19(23)21-17/h1-2,4-7,9-10H,3,8,11H2,(H,21,23). The zero-order valence-corrected chi connectivity index (χ0v) is 14.0. The molecule has 0 spiro atoms. The molecular formula is C19H15ClN2O3. The minimum absolute atomic E-state index is 0.0533. The first-order valence-electron chi connectivity index (χ1n) is 7.94. The SMILES string of the molecule is O=C1CCc2cc(OCc3cc(-c4ccc(Cl)cc4)no3)ccc2N1. The van der Waals surface area contributed by atoms with E-state index in [-0.39, 0.29) is 12.5 Å². The van der Waals surface area contributed by atoms with Crippen LogP contribution in [0.2, 0.25) is 5.02 Å². The fourth-order valence-corrected chi connectivity index (χ4v) is 2.87. The number of aromatic nitrogens is 1. The summed E-state index contributed by atoms with van der Waals surface area (Å²) in [5.41, 5.74) is 3.61. The molecule has 0 radical (unpaired) electrons. The molecule has 0 atom stereocenters. The summed E-state index contributed by atoms with van der Waals surface area (Å²) < 4.78 is 11.1. The predicted octanol–water partition coefficient (Wildman–Crippen LogP) is 4.46. The van der Waals surface area contributed by atoms with Gasteiger partial charge in [-0.05, 0) is 42.3 Å². The van der Waals surface area contributed by atoms with Crippen LogP contribution < -0.4 is 10.1 Å². The zero-order chi connectivity index (χ0) is 17.2. The molecule has 0 unspecified atom stereocenters. The smallest absolute Gasteiger partial charge is 0.224 e. The van der Waals surface area contributed by atoms with Gasteiger partial charge in [0.05, 0.1) is 0 Å². The van der Waals surface area contributed by atoms with Gasteiger partial charge in [-0.1, -0.05) is 28.9 Å². The van der Waals surface area contributed by atoms with Crippen LogP contribution >= 0.6 is 11.6 Å². The molecule has 1 aromatic heterocycles. The number of benzene rings is 2. The highest BCUT2D eigenvalue weighted by atomic mass is 35.5. The molecule has 0 aliphatic carbocycles. The Balaban J connectivity index is 1.44. The fourth-order valence-electron chi connectivity index (χ4n) is 2.74. The summed E-state index contributed by atoms with van der Waals surface area (Å²) in [6, 6.07) is 14.9. The number of ether oxygens (including phenoxy) is 1. The number of nitrogens with zero attached hydrogens (tertiary/aromatic N) is 1. The second kappa shape index (κ2) is 6.61. The van der Waals surface area contributed by atoms with Crippen LogP contribution in [0.15, 0.2) is 53.1 Å². The van der Waals surface area contributed by atoms with E-state index in [9.17, 15) is 4.79 Å². The molecule has 1 aliphatic rings. The molecule has 5 nitrogen and oxygen atoms in total. The second-order valence-electron chi connectivity index (χ2n) is 5.84. The normalized spacial score (nSPS) is 13.2. The van der Waals surface area contributed by atoms with Crippen LogP contribution in [0, 0.1) is 0 Å². The summed E-state index contributed by atoms with van der Waals surface area (Å²) in [6.07, 6.45) is 1.23. The molecule has 1 aliphatic heterocycles. The van der Waals surface area contributed by atoms with Gasteiger partial charge in [0, 0.05) is 28.8 Å². The lowest BCUT2D eigenvalue weighted by Gasteiger charge is -2.17. The maximum atomic E-state index is 11.4. The van der Waals surface area contributed by atoms with Crippen LogP contribution in [0.5, 0.6) is 5.75 Å². The number of nitrogens with one attached hydrogen (secondary N) is 1. The highest BCUT2D eigenvalue weighted by Gasteiger charge is 2.15. The minimum atomic E-state index is 0.0533. The largest absolute Gasteiger partial charge is 0.486 e. The van der Waals surface area contributed by atoms with Crippen molar-refractivity contribution in [3.63, 3.8) is 0 Å². The van der Waals surface area contributed by atoms with Crippen molar-refractivity contribution in [1.29, 1.82) is 0 Å². The van der Waals surface area contributed by atoms with E-state index >= 15 is 0 Å². The van der Waals surface area contributed by atoms with Crippen molar-refractivity contribution < 1.29 is 14.1 Å². The van der Waals surface area contributed by atoms with Gasteiger partial charge >= 0.3 is 0 Å². The molecule has 126 valence electrons. The molecule has 25 heavy (non-hydrogen) atoms. The second-order valence-corrected chi connectivity index (χ2v) is 6.28. The van der Waals surface area contributed by atoms with E-state index in [2.05, 4.69) is 10.5 Å². The molecule has 0 saturated carbocycles. The maximum Gasteiger partial charge on any atom is 0.224 e. The number of amides is 1. The third kappa shape index (κ3) is 3.51. The van der Waals surface area contributed by atoms with Gasteiger partial charge < -0.3 is 14.6 Å². The fraction of sp³-hybridized carbons (Fsp3) is 0.158. The van der Waals surface area contributed by atoms with Crippen LogP contribution in [-0.2, 0) is 17.8 Å². The molecule has 3 aromatic rings. The Bertz CT molecular complexity index is 919. The molecule has 6 heteroatoms. The molecule has 0 fully saturated rings. The van der Waals surface area contributed by atoms with E-state index in [0.717, 1.165) is 34.7 Å². The van der Waals surface area contributed by atoms with Crippen molar-refractivity contribution in [2.45, 2.75) is 19.4 Å². The summed E-state index contributed by atoms with van der Waals surface area (Å²) >= 11 is 5.89. The molecule has 2 aromatic carbocycles. The van der Waals surface area contributed by atoms with Gasteiger partial charge in [-0.25, -0.2) is 0 Å². The maximum absolute atomic E-state index is 11.4. The van der Waals surface area contributed by atoms with Gasteiger partial charge in [0.1, 0.15) is 18.1 Å². The number of hydrogen-bond acceptors (Lipinski definition) is 4. The first kappa shape index (κ1) is 15.7. The van der Waals surface area contributed by atoms with Crippen LogP contribution in [0.4, 0.5) is 5.69 Å². The van der Waals surface area contributed by atoms with Crippen LogP contribution in [0.25, 0.3) is 11.3 Å². The quantitative estimate of drug-likeness (QED) is 0.751. The summed E-state index contributed by atoms with van der Waals surface area (Å²) in [5.74, 6) is 1.42. The van der Waals surface area contributed by atoms with Crippen LogP contribution in [0.3, 0.4) is 0 Å². The Kier molecular flexibility index (Phi) is 4.15. The number of halogens is 1. The Morgan fingerprint density at radius 2 is 1.96 bits per heavy atom. The predicted molar refractivity (Wildman–Crippen MR) is 94.7 cm³/mol. The average Bonchev–Trinajstić information content (AvgIpc) is 3.09. The van der Waals surface area contributed by atoms with Crippen LogP contribution in [0.1, 0.15) is 17.7 Å². The number of carbonyl (C=O) groups is 1. The summed E-state index contributed by atoms with van der Waals surface area (Å²) in [5, 5.41) is 7.60. The Morgan fingerprint density at radius 3 is 2.80 bits per heavy atom. The van der Waals surface area contributed by atoms with Crippen molar-refractivity contribution >= 4 is 23.2 Å². The van der Waals surface area contributed by atoms with Gasteiger partial charge in [-0.15, -0.1) is 0 Å². The highest BCUT2D eigenvalue weighted by molar-refractivity contribution is 6.30. The Labute approximate surface area is 149 Å². The number of aryl methyl sites for hydroxylation is 1. The number of fused-ring (bicyclic) bond motifs is 1.